The number of alkyl halides is 3. The largest absolute Gasteiger partial charge is 0.476 e. The highest BCUT2D eigenvalue weighted by atomic mass is 19.4. The summed E-state index contributed by atoms with van der Waals surface area (Å²) in [6, 6.07) is 1.66. The number of carboxylic acids is 1. The van der Waals surface area contributed by atoms with Gasteiger partial charge in [0.15, 0.2) is 5.69 Å². The highest BCUT2D eigenvalue weighted by Gasteiger charge is 2.40. The van der Waals surface area contributed by atoms with Crippen LogP contribution in [0.1, 0.15) is 64.3 Å². The first-order valence-electron chi connectivity index (χ1n) is 8.48. The van der Waals surface area contributed by atoms with Crippen LogP contribution in [0.5, 0.6) is 0 Å². The molecule has 0 amide bonds. The van der Waals surface area contributed by atoms with Crippen molar-refractivity contribution in [2.45, 2.75) is 45.8 Å². The number of carboxylic acid groups (broad SMARTS) is 1. The maximum atomic E-state index is 14.1. The van der Waals surface area contributed by atoms with E-state index in [1.807, 2.05) is 0 Å². The van der Waals surface area contributed by atoms with Crippen molar-refractivity contribution < 1.29 is 37.0 Å². The van der Waals surface area contributed by atoms with Crippen molar-refractivity contribution >= 4 is 11.9 Å². The summed E-state index contributed by atoms with van der Waals surface area (Å²) in [6.07, 6.45) is -5.05. The molecule has 0 atom stereocenters. The van der Waals surface area contributed by atoms with Crippen LogP contribution < -0.4 is 0 Å². The monoisotopic (exact) mass is 416 g/mol. The van der Waals surface area contributed by atoms with E-state index in [0.29, 0.717) is 0 Å². The molecule has 0 radical (unpaired) electrons. The predicted octanol–water partition coefficient (Wildman–Crippen LogP) is 4.18. The average molecular weight is 416 g/mol. The second-order valence-corrected chi connectivity index (χ2v) is 7.46. The summed E-state index contributed by atoms with van der Waals surface area (Å²) in [7, 11) is 0.853. The minimum atomic E-state index is -5.05. The fourth-order valence-corrected chi connectivity index (χ4v) is 3.05. The summed E-state index contributed by atoms with van der Waals surface area (Å²) in [5, 5.41) is 9.34. The van der Waals surface area contributed by atoms with Crippen LogP contribution in [0.15, 0.2) is 12.1 Å². The lowest BCUT2D eigenvalue weighted by atomic mass is 9.95. The normalized spacial score (nSPS) is 12.2. The van der Waals surface area contributed by atoms with Crippen LogP contribution in [0.4, 0.5) is 17.6 Å². The molecule has 0 spiro atoms. The van der Waals surface area contributed by atoms with E-state index < -0.39 is 52.6 Å². The zero-order valence-electron chi connectivity index (χ0n) is 16.4. The summed E-state index contributed by atoms with van der Waals surface area (Å²) >= 11 is 0. The third kappa shape index (κ3) is 4.25. The van der Waals surface area contributed by atoms with Gasteiger partial charge in [0.05, 0.1) is 12.7 Å². The van der Waals surface area contributed by atoms with Gasteiger partial charge in [-0.1, -0.05) is 26.8 Å². The van der Waals surface area contributed by atoms with E-state index in [9.17, 15) is 32.3 Å². The van der Waals surface area contributed by atoms with Crippen molar-refractivity contribution in [3.63, 3.8) is 0 Å². The Morgan fingerprint density at radius 1 is 1.21 bits per heavy atom. The zero-order valence-corrected chi connectivity index (χ0v) is 16.4. The number of benzene rings is 1. The lowest BCUT2D eigenvalue weighted by molar-refractivity contribution is -0.139. The maximum Gasteiger partial charge on any atom is 0.417 e. The van der Waals surface area contributed by atoms with E-state index in [1.165, 1.54) is 11.5 Å². The predicted molar refractivity (Wildman–Crippen MR) is 94.5 cm³/mol. The number of imidazole rings is 1. The van der Waals surface area contributed by atoms with Crippen LogP contribution in [-0.4, -0.2) is 33.7 Å². The van der Waals surface area contributed by atoms with E-state index in [-0.39, 0.29) is 17.2 Å². The molecule has 158 valence electrons. The fourth-order valence-electron chi connectivity index (χ4n) is 3.05. The number of hydrogen-bond acceptors (Lipinski definition) is 4. The van der Waals surface area contributed by atoms with Crippen molar-refractivity contribution in [2.75, 3.05) is 7.11 Å². The molecule has 29 heavy (non-hydrogen) atoms. The Kier molecular flexibility index (Phi) is 5.78. The van der Waals surface area contributed by atoms with Crippen LogP contribution in [0.25, 0.3) is 0 Å². The number of carbonyl (C=O) groups is 2. The molecule has 10 heteroatoms. The second kappa shape index (κ2) is 7.49. The maximum absolute atomic E-state index is 14.1. The summed E-state index contributed by atoms with van der Waals surface area (Å²) < 4.78 is 61.0. The van der Waals surface area contributed by atoms with Gasteiger partial charge in [0, 0.05) is 17.7 Å². The first-order chi connectivity index (χ1) is 13.2. The number of carbonyl (C=O) groups excluding carboxylic acids is 1. The quantitative estimate of drug-likeness (QED) is 0.597. The topological polar surface area (TPSA) is 81.4 Å². The molecule has 0 bridgehead atoms. The fraction of sp³-hybridized carbons (Fsp3) is 0.421. The van der Waals surface area contributed by atoms with Crippen LogP contribution in [0.2, 0.25) is 0 Å². The van der Waals surface area contributed by atoms with Gasteiger partial charge in [0.25, 0.3) is 0 Å². The molecule has 0 unspecified atom stereocenters. The van der Waals surface area contributed by atoms with E-state index in [0.717, 1.165) is 19.2 Å². The number of ether oxygens (including phenoxy) is 1. The minimum Gasteiger partial charge on any atom is -0.476 e. The zero-order chi connectivity index (χ0) is 22.3. The minimum absolute atomic E-state index is 0.138. The first kappa shape index (κ1) is 22.4. The molecule has 1 heterocycles. The first-order valence-corrected chi connectivity index (χ1v) is 8.48. The van der Waals surface area contributed by atoms with Gasteiger partial charge in [-0.3, -0.25) is 0 Å². The van der Waals surface area contributed by atoms with Crippen molar-refractivity contribution in [3.05, 3.63) is 51.9 Å². The third-order valence-corrected chi connectivity index (χ3v) is 4.34. The third-order valence-electron chi connectivity index (χ3n) is 4.34. The Hall–Kier alpha value is -2.91. The number of rotatable bonds is 4. The van der Waals surface area contributed by atoms with Gasteiger partial charge in [-0.05, 0) is 18.6 Å². The number of hydrogen-bond donors (Lipinski definition) is 1. The van der Waals surface area contributed by atoms with Gasteiger partial charge in [-0.15, -0.1) is 0 Å². The van der Waals surface area contributed by atoms with Crippen LogP contribution in [0.3, 0.4) is 0 Å². The molecule has 2 aromatic rings. The highest BCUT2D eigenvalue weighted by molar-refractivity contribution is 5.92. The molecular weight excluding hydrogens is 396 g/mol. The van der Waals surface area contributed by atoms with Gasteiger partial charge < -0.3 is 14.4 Å². The van der Waals surface area contributed by atoms with E-state index in [1.54, 1.807) is 20.8 Å². The number of aromatic nitrogens is 2. The second-order valence-electron chi connectivity index (χ2n) is 7.46. The Morgan fingerprint density at radius 3 is 2.24 bits per heavy atom. The molecule has 2 rings (SSSR count). The standard InChI is InChI=1S/C19H20F4N2O4/c1-9-14(15(26)27)24-17(18(2,3)4)25(9)8-10-6-7-11(20)12(16(28)29-5)13(10)19(21,22)23/h6-7H,8H2,1-5H3,(H,26,27). The molecule has 1 aromatic heterocycles. The summed E-state index contributed by atoms with van der Waals surface area (Å²) in [4.78, 5) is 27.4. The average Bonchev–Trinajstić information content (AvgIpc) is 2.91. The molecule has 1 aromatic carbocycles. The molecule has 0 fully saturated rings. The molecule has 0 saturated carbocycles. The summed E-state index contributed by atoms with van der Waals surface area (Å²) in [6.45, 7) is 6.14. The molecule has 6 nitrogen and oxygen atoms in total. The molecule has 0 aliphatic rings. The number of esters is 1. The number of aromatic carboxylic acids is 1. The van der Waals surface area contributed by atoms with Crippen LogP contribution in [0, 0.1) is 12.7 Å². The lowest BCUT2D eigenvalue weighted by Gasteiger charge is -2.23. The van der Waals surface area contributed by atoms with E-state index in [2.05, 4.69) is 9.72 Å². The molecule has 1 N–H and O–H groups in total. The molecule has 0 aliphatic carbocycles. The Morgan fingerprint density at radius 2 is 1.79 bits per heavy atom. The Labute approximate surface area is 164 Å². The summed E-state index contributed by atoms with van der Waals surface area (Å²) in [5.41, 5.74) is -3.94. The number of nitrogens with zero attached hydrogens (tertiary/aromatic N) is 2. The smallest absolute Gasteiger partial charge is 0.417 e. The van der Waals surface area contributed by atoms with E-state index >= 15 is 0 Å². The number of halogens is 4. The van der Waals surface area contributed by atoms with Crippen molar-refractivity contribution in [2.24, 2.45) is 0 Å². The van der Waals surface area contributed by atoms with Gasteiger partial charge in [0.1, 0.15) is 17.2 Å². The van der Waals surface area contributed by atoms with Crippen LogP contribution >= 0.6 is 0 Å². The van der Waals surface area contributed by atoms with Gasteiger partial charge in [0.2, 0.25) is 0 Å². The van der Waals surface area contributed by atoms with Gasteiger partial charge >= 0.3 is 18.1 Å². The van der Waals surface area contributed by atoms with Crippen molar-refractivity contribution in [1.82, 2.24) is 9.55 Å². The van der Waals surface area contributed by atoms with Gasteiger partial charge in [-0.25, -0.2) is 19.0 Å². The molecular formula is C19H20F4N2O4. The SMILES string of the molecule is COC(=O)c1c(F)ccc(Cn2c(C(C)(C)C)nc(C(=O)O)c2C)c1C(F)(F)F. The van der Waals surface area contributed by atoms with E-state index in [4.69, 9.17) is 0 Å². The summed E-state index contributed by atoms with van der Waals surface area (Å²) in [5.74, 6) is -3.90. The Balaban J connectivity index is 2.79. The van der Waals surface area contributed by atoms with Gasteiger partial charge in [-0.2, -0.15) is 13.2 Å². The molecule has 0 aliphatic heterocycles. The number of methoxy groups -OCH3 is 1. The highest BCUT2D eigenvalue weighted by Crippen LogP contribution is 2.37. The molecule has 0 saturated heterocycles. The van der Waals surface area contributed by atoms with Crippen molar-refractivity contribution in [1.29, 1.82) is 0 Å². The Bertz CT molecular complexity index is 972. The lowest BCUT2D eigenvalue weighted by Crippen LogP contribution is -2.23. The van der Waals surface area contributed by atoms with Crippen LogP contribution in [-0.2, 0) is 22.9 Å². The van der Waals surface area contributed by atoms with Crippen molar-refractivity contribution in [3.8, 4) is 0 Å².